The second-order valence-electron chi connectivity index (χ2n) is 3.81. The Morgan fingerprint density at radius 3 is 2.35 bits per heavy atom. The number of halogens is 5. The van der Waals surface area contributed by atoms with E-state index in [0.717, 1.165) is 6.07 Å². The Morgan fingerprint density at radius 2 is 1.70 bits per heavy atom. The van der Waals surface area contributed by atoms with Crippen molar-refractivity contribution in [3.63, 3.8) is 0 Å². The van der Waals surface area contributed by atoms with Gasteiger partial charge in [0.25, 0.3) is 5.91 Å². The minimum atomic E-state index is -0.516. The molecule has 0 unspecified atom stereocenters. The molecule has 7 heteroatoms. The zero-order chi connectivity index (χ0) is 14.9. The van der Waals surface area contributed by atoms with Crippen LogP contribution in [-0.2, 0) is 0 Å². The van der Waals surface area contributed by atoms with Crippen LogP contribution >= 0.6 is 55.1 Å². The molecule has 2 nitrogen and oxygen atoms in total. The number of anilines is 1. The van der Waals surface area contributed by atoms with Crippen LogP contribution in [0.25, 0.3) is 0 Å². The van der Waals surface area contributed by atoms with Crippen LogP contribution < -0.4 is 5.32 Å². The van der Waals surface area contributed by atoms with Crippen LogP contribution in [-0.4, -0.2) is 5.91 Å². The fraction of sp³-hybridized carbons (Fsp3) is 0. The molecule has 104 valence electrons. The lowest BCUT2D eigenvalue weighted by Crippen LogP contribution is -2.12. The summed E-state index contributed by atoms with van der Waals surface area (Å²) in [4.78, 5) is 12.0. The third-order valence-corrected chi connectivity index (χ3v) is 4.88. The Morgan fingerprint density at radius 1 is 1.05 bits per heavy atom. The summed E-state index contributed by atoms with van der Waals surface area (Å²) in [5.74, 6) is -0.991. The minimum absolute atomic E-state index is 0.181. The molecular formula is C13H6Br2Cl2FNO. The molecule has 0 aliphatic rings. The molecule has 0 heterocycles. The first-order valence-corrected chi connectivity index (χ1v) is 7.64. The Balaban J connectivity index is 2.28. The monoisotopic (exact) mass is 439 g/mol. The van der Waals surface area contributed by atoms with E-state index in [2.05, 4.69) is 37.2 Å². The molecule has 0 aromatic heterocycles. The lowest BCUT2D eigenvalue weighted by atomic mass is 10.2. The van der Waals surface area contributed by atoms with Crippen LogP contribution in [0.3, 0.4) is 0 Å². The molecule has 0 bridgehead atoms. The second kappa shape index (κ2) is 6.43. The topological polar surface area (TPSA) is 29.1 Å². The van der Waals surface area contributed by atoms with E-state index in [-0.39, 0.29) is 10.6 Å². The first-order chi connectivity index (χ1) is 9.40. The quantitative estimate of drug-likeness (QED) is 0.577. The molecule has 2 rings (SSSR count). The van der Waals surface area contributed by atoms with Crippen LogP contribution in [0.2, 0.25) is 10.0 Å². The lowest BCUT2D eigenvalue weighted by Gasteiger charge is -2.09. The van der Waals surface area contributed by atoms with Gasteiger partial charge in [0.2, 0.25) is 0 Å². The second-order valence-corrected chi connectivity index (χ2v) is 6.27. The Kier molecular flexibility index (Phi) is 5.07. The summed E-state index contributed by atoms with van der Waals surface area (Å²) in [5, 5.41) is 3.10. The molecule has 20 heavy (non-hydrogen) atoms. The minimum Gasteiger partial charge on any atom is -0.321 e. The van der Waals surface area contributed by atoms with Gasteiger partial charge in [-0.1, -0.05) is 23.2 Å². The molecule has 1 amide bonds. The molecule has 0 saturated heterocycles. The van der Waals surface area contributed by atoms with Gasteiger partial charge in [0, 0.05) is 10.0 Å². The van der Waals surface area contributed by atoms with Crippen molar-refractivity contribution in [2.45, 2.75) is 0 Å². The average molecular weight is 442 g/mol. The SMILES string of the molecule is O=C(Nc1ccc(Br)c(Cl)c1Cl)c1ccc(Br)c(F)c1. The highest BCUT2D eigenvalue weighted by atomic mass is 79.9. The number of benzene rings is 2. The van der Waals surface area contributed by atoms with Gasteiger partial charge in [-0.05, 0) is 62.2 Å². The van der Waals surface area contributed by atoms with Crippen LogP contribution in [0.5, 0.6) is 0 Å². The number of carbonyl (C=O) groups excluding carboxylic acids is 1. The van der Waals surface area contributed by atoms with E-state index in [0.29, 0.717) is 19.7 Å². The predicted octanol–water partition coefficient (Wildman–Crippen LogP) is 5.91. The summed E-state index contributed by atoms with van der Waals surface area (Å²) in [6.07, 6.45) is 0. The van der Waals surface area contributed by atoms with Gasteiger partial charge in [0.1, 0.15) is 5.82 Å². The Hall–Kier alpha value is -0.620. The van der Waals surface area contributed by atoms with E-state index in [4.69, 9.17) is 23.2 Å². The molecule has 0 fully saturated rings. The van der Waals surface area contributed by atoms with Gasteiger partial charge in [-0.2, -0.15) is 0 Å². The molecule has 0 saturated carbocycles. The largest absolute Gasteiger partial charge is 0.321 e. The lowest BCUT2D eigenvalue weighted by molar-refractivity contribution is 0.102. The standard InChI is InChI=1S/C13H6Br2Cl2FNO/c14-7-2-1-6(5-9(7)18)13(20)19-10-4-3-8(15)11(16)12(10)17/h1-5H,(H,19,20). The summed E-state index contributed by atoms with van der Waals surface area (Å²) in [5.41, 5.74) is 0.536. The maximum absolute atomic E-state index is 13.4. The third kappa shape index (κ3) is 3.34. The van der Waals surface area contributed by atoms with E-state index in [1.54, 1.807) is 12.1 Å². The molecular weight excluding hydrogens is 436 g/mol. The zero-order valence-electron chi connectivity index (χ0n) is 9.68. The van der Waals surface area contributed by atoms with Gasteiger partial charge in [-0.15, -0.1) is 0 Å². The van der Waals surface area contributed by atoms with Gasteiger partial charge in [-0.25, -0.2) is 4.39 Å². The van der Waals surface area contributed by atoms with Gasteiger partial charge < -0.3 is 5.32 Å². The van der Waals surface area contributed by atoms with Crippen molar-refractivity contribution in [1.82, 2.24) is 0 Å². The zero-order valence-corrected chi connectivity index (χ0v) is 14.4. The molecule has 0 atom stereocenters. The van der Waals surface area contributed by atoms with Gasteiger partial charge in [0.15, 0.2) is 0 Å². The maximum Gasteiger partial charge on any atom is 0.255 e. The van der Waals surface area contributed by atoms with E-state index in [1.807, 2.05) is 0 Å². The van der Waals surface area contributed by atoms with Crippen molar-refractivity contribution >= 4 is 66.7 Å². The Labute approximate surface area is 141 Å². The average Bonchev–Trinajstić information content (AvgIpc) is 2.42. The maximum atomic E-state index is 13.4. The van der Waals surface area contributed by atoms with E-state index < -0.39 is 11.7 Å². The van der Waals surface area contributed by atoms with E-state index >= 15 is 0 Å². The van der Waals surface area contributed by atoms with Gasteiger partial charge in [-0.3, -0.25) is 4.79 Å². The first kappa shape index (κ1) is 15.8. The highest BCUT2D eigenvalue weighted by Crippen LogP contribution is 2.36. The van der Waals surface area contributed by atoms with Crippen LogP contribution in [0.4, 0.5) is 10.1 Å². The number of hydrogen-bond acceptors (Lipinski definition) is 1. The number of amides is 1. The highest BCUT2D eigenvalue weighted by molar-refractivity contribution is 9.10. The van der Waals surface area contributed by atoms with Crippen LogP contribution in [0.15, 0.2) is 39.3 Å². The van der Waals surface area contributed by atoms with E-state index in [9.17, 15) is 9.18 Å². The van der Waals surface area contributed by atoms with Crippen molar-refractivity contribution < 1.29 is 9.18 Å². The first-order valence-electron chi connectivity index (χ1n) is 5.30. The fourth-order valence-corrected chi connectivity index (χ4v) is 2.52. The Bertz CT molecular complexity index is 694. The number of nitrogens with one attached hydrogen (secondary N) is 1. The molecule has 0 aliphatic heterocycles. The summed E-state index contributed by atoms with van der Waals surface area (Å²) in [6.45, 7) is 0. The van der Waals surface area contributed by atoms with Crippen molar-refractivity contribution in [1.29, 1.82) is 0 Å². The summed E-state index contributed by atoms with van der Waals surface area (Å²) in [6, 6.07) is 7.35. The third-order valence-electron chi connectivity index (χ3n) is 2.47. The highest BCUT2D eigenvalue weighted by Gasteiger charge is 2.13. The molecule has 0 radical (unpaired) electrons. The molecule has 2 aromatic carbocycles. The predicted molar refractivity (Wildman–Crippen MR) is 86.2 cm³/mol. The number of hydrogen-bond donors (Lipinski definition) is 1. The van der Waals surface area contributed by atoms with Crippen molar-refractivity contribution in [2.75, 3.05) is 5.32 Å². The van der Waals surface area contributed by atoms with Crippen LogP contribution in [0.1, 0.15) is 10.4 Å². The summed E-state index contributed by atoms with van der Waals surface area (Å²) >= 11 is 18.2. The summed E-state index contributed by atoms with van der Waals surface area (Å²) in [7, 11) is 0. The molecule has 0 spiro atoms. The van der Waals surface area contributed by atoms with Crippen molar-refractivity contribution in [3.05, 3.63) is 60.7 Å². The normalized spacial score (nSPS) is 10.4. The molecule has 0 aliphatic carbocycles. The van der Waals surface area contributed by atoms with E-state index in [1.165, 1.54) is 12.1 Å². The van der Waals surface area contributed by atoms with Crippen LogP contribution in [0, 0.1) is 5.82 Å². The van der Waals surface area contributed by atoms with Crippen molar-refractivity contribution in [3.8, 4) is 0 Å². The van der Waals surface area contributed by atoms with Gasteiger partial charge >= 0.3 is 0 Å². The fourth-order valence-electron chi connectivity index (χ4n) is 1.45. The van der Waals surface area contributed by atoms with Crippen molar-refractivity contribution in [2.24, 2.45) is 0 Å². The smallest absolute Gasteiger partial charge is 0.255 e. The molecule has 2 aromatic rings. The number of carbonyl (C=O) groups is 1. The number of rotatable bonds is 2. The molecule has 1 N–H and O–H groups in total. The van der Waals surface area contributed by atoms with Gasteiger partial charge in [0.05, 0.1) is 20.2 Å². The summed E-state index contributed by atoms with van der Waals surface area (Å²) < 4.78 is 14.3.